The molecule has 2 N–H and O–H groups in total. The van der Waals surface area contributed by atoms with Gasteiger partial charge >= 0.3 is 0 Å². The van der Waals surface area contributed by atoms with Crippen LogP contribution in [0, 0.1) is 6.92 Å². The zero-order chi connectivity index (χ0) is 20.5. The van der Waals surface area contributed by atoms with Crippen LogP contribution in [0.3, 0.4) is 0 Å². The summed E-state index contributed by atoms with van der Waals surface area (Å²) in [7, 11) is 0. The van der Waals surface area contributed by atoms with Crippen LogP contribution < -0.4 is 15.4 Å². The second-order valence-electron chi connectivity index (χ2n) is 6.72. The number of aliphatic imine (C=N–C) groups is 1. The lowest BCUT2D eigenvalue weighted by atomic mass is 10.2. The van der Waals surface area contributed by atoms with Crippen LogP contribution >= 0.6 is 0 Å². The summed E-state index contributed by atoms with van der Waals surface area (Å²) in [5.74, 6) is 2.40. The average Bonchev–Trinajstić information content (AvgIpc) is 3.21. The van der Waals surface area contributed by atoms with Gasteiger partial charge in [0.15, 0.2) is 11.8 Å². The van der Waals surface area contributed by atoms with E-state index in [9.17, 15) is 0 Å². The first-order valence-electron chi connectivity index (χ1n) is 9.86. The molecular formula is C22H28N6O. The Labute approximate surface area is 171 Å². The quantitative estimate of drug-likeness (QED) is 0.455. The Balaban J connectivity index is 1.61. The summed E-state index contributed by atoms with van der Waals surface area (Å²) in [6.07, 6.45) is 1.70. The van der Waals surface area contributed by atoms with Gasteiger partial charge in [-0.15, -0.1) is 10.2 Å². The van der Waals surface area contributed by atoms with Crippen molar-refractivity contribution in [2.75, 3.05) is 13.1 Å². The van der Waals surface area contributed by atoms with Crippen molar-refractivity contribution < 1.29 is 4.74 Å². The molecule has 1 atom stereocenters. The van der Waals surface area contributed by atoms with Crippen LogP contribution in [0.15, 0.2) is 65.9 Å². The first-order chi connectivity index (χ1) is 14.2. The summed E-state index contributed by atoms with van der Waals surface area (Å²) in [6.45, 7) is 7.93. The van der Waals surface area contributed by atoms with Crippen molar-refractivity contribution in [3.05, 3.63) is 72.3 Å². The third-order valence-electron chi connectivity index (χ3n) is 4.35. The van der Waals surface area contributed by atoms with E-state index in [1.165, 1.54) is 0 Å². The smallest absolute Gasteiger partial charge is 0.191 e. The van der Waals surface area contributed by atoms with Crippen LogP contribution in [0.2, 0.25) is 0 Å². The topological polar surface area (TPSA) is 76.4 Å². The summed E-state index contributed by atoms with van der Waals surface area (Å²) >= 11 is 0. The lowest BCUT2D eigenvalue weighted by Gasteiger charge is -2.18. The van der Waals surface area contributed by atoms with Crippen LogP contribution in [0.5, 0.6) is 5.75 Å². The number of aromatic nitrogens is 3. The number of benzene rings is 2. The van der Waals surface area contributed by atoms with Gasteiger partial charge in [0, 0.05) is 12.2 Å². The molecule has 29 heavy (non-hydrogen) atoms. The standard InChI is InChI=1S/C22H28N6O/c1-4-23-22(24-14-18(3)29-20-13-9-8-10-17(20)2)25-15-21-27-26-16-28(21)19-11-6-5-7-12-19/h5-13,16,18H,4,14-15H2,1-3H3,(H2,23,24,25). The van der Waals surface area contributed by atoms with Gasteiger partial charge in [0.2, 0.25) is 0 Å². The lowest BCUT2D eigenvalue weighted by Crippen LogP contribution is -2.41. The van der Waals surface area contributed by atoms with Crippen molar-refractivity contribution in [3.63, 3.8) is 0 Å². The molecule has 1 aromatic heterocycles. The SMILES string of the molecule is CCNC(=NCc1nncn1-c1ccccc1)NCC(C)Oc1ccccc1C. The molecule has 0 aliphatic carbocycles. The minimum Gasteiger partial charge on any atom is -0.489 e. The molecule has 3 rings (SSSR count). The minimum atomic E-state index is -0.00655. The van der Waals surface area contributed by atoms with Crippen LogP contribution in [0.1, 0.15) is 25.2 Å². The van der Waals surface area contributed by atoms with Crippen molar-refractivity contribution in [1.29, 1.82) is 0 Å². The molecule has 0 radical (unpaired) electrons. The number of rotatable bonds is 8. The first kappa shape index (κ1) is 20.4. The number of guanidine groups is 1. The Morgan fingerprint density at radius 2 is 1.86 bits per heavy atom. The summed E-state index contributed by atoms with van der Waals surface area (Å²) in [6, 6.07) is 18.0. The monoisotopic (exact) mass is 392 g/mol. The highest BCUT2D eigenvalue weighted by atomic mass is 16.5. The van der Waals surface area contributed by atoms with Crippen molar-refractivity contribution in [1.82, 2.24) is 25.4 Å². The Morgan fingerprint density at radius 3 is 2.62 bits per heavy atom. The van der Waals surface area contributed by atoms with Gasteiger partial charge in [0.25, 0.3) is 0 Å². The molecule has 1 heterocycles. The molecule has 7 heteroatoms. The van der Waals surface area contributed by atoms with Gasteiger partial charge in [-0.3, -0.25) is 4.57 Å². The van der Waals surface area contributed by atoms with Gasteiger partial charge in [0.05, 0.1) is 6.54 Å². The van der Waals surface area contributed by atoms with Crippen LogP contribution in [-0.2, 0) is 6.54 Å². The second kappa shape index (κ2) is 10.3. The first-order valence-corrected chi connectivity index (χ1v) is 9.86. The summed E-state index contributed by atoms with van der Waals surface area (Å²) < 4.78 is 7.97. The maximum Gasteiger partial charge on any atom is 0.191 e. The molecule has 0 amide bonds. The number of nitrogens with zero attached hydrogens (tertiary/aromatic N) is 4. The fourth-order valence-electron chi connectivity index (χ4n) is 2.85. The lowest BCUT2D eigenvalue weighted by molar-refractivity contribution is 0.222. The summed E-state index contributed by atoms with van der Waals surface area (Å²) in [5.41, 5.74) is 2.14. The molecule has 7 nitrogen and oxygen atoms in total. The average molecular weight is 393 g/mol. The molecule has 0 bridgehead atoms. The van der Waals surface area contributed by atoms with E-state index >= 15 is 0 Å². The number of hydrogen-bond acceptors (Lipinski definition) is 4. The molecular weight excluding hydrogens is 364 g/mol. The molecule has 2 aromatic carbocycles. The van der Waals surface area contributed by atoms with Crippen molar-refractivity contribution in [2.24, 2.45) is 4.99 Å². The van der Waals surface area contributed by atoms with Crippen LogP contribution in [0.4, 0.5) is 0 Å². The third-order valence-corrected chi connectivity index (χ3v) is 4.35. The van der Waals surface area contributed by atoms with Gasteiger partial charge in [-0.1, -0.05) is 36.4 Å². The van der Waals surface area contributed by atoms with Crippen molar-refractivity contribution in [3.8, 4) is 11.4 Å². The number of ether oxygens (including phenoxy) is 1. The summed E-state index contributed by atoms with van der Waals surface area (Å²) in [5, 5.41) is 14.8. The Bertz CT molecular complexity index is 922. The van der Waals surface area contributed by atoms with Crippen LogP contribution in [-0.4, -0.2) is 39.9 Å². The predicted molar refractivity (Wildman–Crippen MR) is 115 cm³/mol. The number of para-hydroxylation sites is 2. The zero-order valence-electron chi connectivity index (χ0n) is 17.2. The highest BCUT2D eigenvalue weighted by molar-refractivity contribution is 5.79. The van der Waals surface area contributed by atoms with Crippen LogP contribution in [0.25, 0.3) is 5.69 Å². The fourth-order valence-corrected chi connectivity index (χ4v) is 2.85. The molecule has 1 unspecified atom stereocenters. The van der Waals surface area contributed by atoms with Gasteiger partial charge in [0.1, 0.15) is 24.7 Å². The molecule has 3 aromatic rings. The van der Waals surface area contributed by atoms with E-state index < -0.39 is 0 Å². The highest BCUT2D eigenvalue weighted by Crippen LogP contribution is 2.17. The second-order valence-corrected chi connectivity index (χ2v) is 6.72. The molecule has 0 saturated heterocycles. The number of hydrogen-bond donors (Lipinski definition) is 2. The van der Waals surface area contributed by atoms with E-state index in [-0.39, 0.29) is 6.10 Å². The Morgan fingerprint density at radius 1 is 1.10 bits per heavy atom. The highest BCUT2D eigenvalue weighted by Gasteiger charge is 2.09. The van der Waals surface area contributed by atoms with E-state index in [1.807, 2.05) is 79.9 Å². The van der Waals surface area contributed by atoms with Gasteiger partial charge in [-0.25, -0.2) is 4.99 Å². The Kier molecular flexibility index (Phi) is 7.22. The minimum absolute atomic E-state index is 0.00655. The maximum atomic E-state index is 6.03. The molecule has 0 fully saturated rings. The third kappa shape index (κ3) is 5.81. The van der Waals surface area contributed by atoms with E-state index in [0.717, 1.165) is 35.3 Å². The maximum absolute atomic E-state index is 6.03. The normalized spacial score (nSPS) is 12.4. The molecule has 152 valence electrons. The Hall–Kier alpha value is -3.35. The van der Waals surface area contributed by atoms with E-state index in [4.69, 9.17) is 4.74 Å². The van der Waals surface area contributed by atoms with Gasteiger partial charge in [-0.05, 0) is 44.5 Å². The number of aryl methyl sites for hydroxylation is 1. The number of nitrogens with one attached hydrogen (secondary N) is 2. The van der Waals surface area contributed by atoms with E-state index in [0.29, 0.717) is 13.1 Å². The fraction of sp³-hybridized carbons (Fsp3) is 0.318. The molecule has 0 aliphatic heterocycles. The molecule has 0 aliphatic rings. The van der Waals surface area contributed by atoms with Gasteiger partial charge in [-0.2, -0.15) is 0 Å². The van der Waals surface area contributed by atoms with Crippen molar-refractivity contribution in [2.45, 2.75) is 33.4 Å². The van der Waals surface area contributed by atoms with Crippen molar-refractivity contribution >= 4 is 5.96 Å². The van der Waals surface area contributed by atoms with Gasteiger partial charge < -0.3 is 15.4 Å². The van der Waals surface area contributed by atoms with E-state index in [2.05, 4.69) is 25.8 Å². The summed E-state index contributed by atoms with van der Waals surface area (Å²) in [4.78, 5) is 4.65. The molecule has 0 saturated carbocycles. The predicted octanol–water partition coefficient (Wildman–Crippen LogP) is 3.10. The largest absolute Gasteiger partial charge is 0.489 e. The zero-order valence-corrected chi connectivity index (χ0v) is 17.2. The molecule has 0 spiro atoms. The van der Waals surface area contributed by atoms with E-state index in [1.54, 1.807) is 6.33 Å².